The minimum absolute atomic E-state index is 0.0564. The van der Waals surface area contributed by atoms with E-state index in [1.807, 2.05) is 36.4 Å². The number of nitrogens with one attached hydrogen (secondary N) is 1. The maximum atomic E-state index is 12.1. The molecule has 0 saturated carbocycles. The first-order valence-electron chi connectivity index (χ1n) is 7.77. The minimum Gasteiger partial charge on any atom is -0.545 e. The van der Waals surface area contributed by atoms with E-state index >= 15 is 0 Å². The van der Waals surface area contributed by atoms with Crippen molar-refractivity contribution in [3.63, 3.8) is 0 Å². The summed E-state index contributed by atoms with van der Waals surface area (Å²) in [6.07, 6.45) is 0. The second-order valence-electron chi connectivity index (χ2n) is 5.63. The first kappa shape index (κ1) is 16.5. The lowest BCUT2D eigenvalue weighted by atomic mass is 10.1. The van der Waals surface area contributed by atoms with Gasteiger partial charge in [0.2, 0.25) is 0 Å². The standard InChI is InChI=1S/C20H17NO4/c1-13-5-4-8-17(20(23)24)19(13)21-18(22)12-25-16-10-9-14-6-2-3-7-15(14)11-16/h2-11H,12H2,1H3,(H,21,22)(H,23,24)/p-1. The van der Waals surface area contributed by atoms with Gasteiger partial charge < -0.3 is 20.0 Å². The predicted molar refractivity (Wildman–Crippen MR) is 93.6 cm³/mol. The molecule has 0 radical (unpaired) electrons. The van der Waals surface area contributed by atoms with Crippen LogP contribution < -0.4 is 15.2 Å². The van der Waals surface area contributed by atoms with Gasteiger partial charge in [-0.25, -0.2) is 0 Å². The SMILES string of the molecule is Cc1cccc(C(=O)[O-])c1NC(=O)COc1ccc2ccccc2c1. The number of amides is 1. The number of fused-ring (bicyclic) bond motifs is 1. The summed E-state index contributed by atoms with van der Waals surface area (Å²) >= 11 is 0. The smallest absolute Gasteiger partial charge is 0.262 e. The number of aryl methyl sites for hydroxylation is 1. The van der Waals surface area contributed by atoms with Gasteiger partial charge in [0.05, 0.1) is 11.7 Å². The number of rotatable bonds is 5. The zero-order chi connectivity index (χ0) is 17.8. The predicted octanol–water partition coefficient (Wildman–Crippen LogP) is 2.53. The highest BCUT2D eigenvalue weighted by Crippen LogP contribution is 2.22. The summed E-state index contributed by atoms with van der Waals surface area (Å²) in [4.78, 5) is 23.3. The highest BCUT2D eigenvalue weighted by atomic mass is 16.5. The number of hydrogen-bond acceptors (Lipinski definition) is 4. The van der Waals surface area contributed by atoms with Crippen molar-refractivity contribution in [1.82, 2.24) is 0 Å². The van der Waals surface area contributed by atoms with Crippen molar-refractivity contribution in [2.75, 3.05) is 11.9 Å². The fraction of sp³-hybridized carbons (Fsp3) is 0.100. The van der Waals surface area contributed by atoms with Crippen molar-refractivity contribution in [2.24, 2.45) is 0 Å². The third kappa shape index (κ3) is 3.77. The summed E-state index contributed by atoms with van der Waals surface area (Å²) in [5, 5.41) is 15.8. The Hall–Kier alpha value is -3.34. The van der Waals surface area contributed by atoms with Gasteiger partial charge in [0.25, 0.3) is 5.91 Å². The molecule has 0 spiro atoms. The second kappa shape index (κ2) is 7.05. The second-order valence-corrected chi connectivity index (χ2v) is 5.63. The summed E-state index contributed by atoms with van der Waals surface area (Å²) in [6.45, 7) is 1.49. The van der Waals surface area contributed by atoms with Crippen molar-refractivity contribution in [3.8, 4) is 5.75 Å². The summed E-state index contributed by atoms with van der Waals surface area (Å²) < 4.78 is 5.51. The van der Waals surface area contributed by atoms with E-state index in [1.165, 1.54) is 6.07 Å². The average Bonchev–Trinajstić information content (AvgIpc) is 2.61. The molecule has 0 aliphatic rings. The molecule has 1 N–H and O–H groups in total. The van der Waals surface area contributed by atoms with Crippen molar-refractivity contribution in [2.45, 2.75) is 6.92 Å². The molecule has 0 atom stereocenters. The number of carboxylic acid groups (broad SMARTS) is 1. The number of anilines is 1. The van der Waals surface area contributed by atoms with Gasteiger partial charge in [-0.05, 0) is 35.4 Å². The molecule has 3 aromatic rings. The van der Waals surface area contributed by atoms with Crippen LogP contribution in [0, 0.1) is 6.92 Å². The van der Waals surface area contributed by atoms with E-state index in [2.05, 4.69) is 5.32 Å². The van der Waals surface area contributed by atoms with E-state index in [1.54, 1.807) is 25.1 Å². The van der Waals surface area contributed by atoms with Gasteiger partial charge in [0, 0.05) is 5.56 Å². The lowest BCUT2D eigenvalue weighted by Gasteiger charge is -2.15. The molecule has 0 fully saturated rings. The van der Waals surface area contributed by atoms with Crippen molar-refractivity contribution >= 4 is 28.3 Å². The number of benzene rings is 3. The Kier molecular flexibility index (Phi) is 4.66. The molecule has 0 aromatic heterocycles. The Morgan fingerprint density at radius 1 is 1.00 bits per heavy atom. The van der Waals surface area contributed by atoms with Crippen LogP contribution >= 0.6 is 0 Å². The molecule has 0 unspecified atom stereocenters. The van der Waals surface area contributed by atoms with Crippen LogP contribution in [0.5, 0.6) is 5.75 Å². The molecule has 0 heterocycles. The Labute approximate surface area is 144 Å². The molecular formula is C20H16NO4-. The van der Waals surface area contributed by atoms with Crippen LogP contribution in [0.25, 0.3) is 10.8 Å². The van der Waals surface area contributed by atoms with Crippen molar-refractivity contribution in [1.29, 1.82) is 0 Å². The molecular weight excluding hydrogens is 318 g/mol. The largest absolute Gasteiger partial charge is 0.545 e. The summed E-state index contributed by atoms with van der Waals surface area (Å²) in [5.74, 6) is -1.21. The van der Waals surface area contributed by atoms with E-state index in [9.17, 15) is 14.7 Å². The van der Waals surface area contributed by atoms with Gasteiger partial charge in [0.15, 0.2) is 6.61 Å². The van der Waals surface area contributed by atoms with E-state index in [4.69, 9.17) is 4.74 Å². The van der Waals surface area contributed by atoms with Gasteiger partial charge in [-0.3, -0.25) is 4.79 Å². The molecule has 0 aliphatic heterocycles. The van der Waals surface area contributed by atoms with E-state index in [-0.39, 0.29) is 17.9 Å². The molecule has 126 valence electrons. The van der Waals surface area contributed by atoms with Crippen LogP contribution in [0.1, 0.15) is 15.9 Å². The Morgan fingerprint density at radius 2 is 1.76 bits per heavy atom. The lowest BCUT2D eigenvalue weighted by Crippen LogP contribution is -2.27. The van der Waals surface area contributed by atoms with Crippen LogP contribution in [-0.2, 0) is 4.79 Å². The number of para-hydroxylation sites is 1. The zero-order valence-electron chi connectivity index (χ0n) is 13.6. The number of carbonyl (C=O) groups is 2. The first-order chi connectivity index (χ1) is 12.0. The van der Waals surface area contributed by atoms with Gasteiger partial charge >= 0.3 is 0 Å². The summed E-state index contributed by atoms with van der Waals surface area (Å²) in [5.41, 5.74) is 0.814. The molecule has 0 saturated heterocycles. The maximum Gasteiger partial charge on any atom is 0.262 e. The highest BCUT2D eigenvalue weighted by Gasteiger charge is 2.11. The van der Waals surface area contributed by atoms with Gasteiger partial charge in [0.1, 0.15) is 5.75 Å². The van der Waals surface area contributed by atoms with Gasteiger partial charge in [-0.2, -0.15) is 0 Å². The van der Waals surface area contributed by atoms with Crippen LogP contribution in [-0.4, -0.2) is 18.5 Å². The van der Waals surface area contributed by atoms with E-state index in [0.717, 1.165) is 10.8 Å². The average molecular weight is 334 g/mol. The van der Waals surface area contributed by atoms with Gasteiger partial charge in [-0.15, -0.1) is 0 Å². The van der Waals surface area contributed by atoms with E-state index in [0.29, 0.717) is 11.3 Å². The lowest BCUT2D eigenvalue weighted by molar-refractivity contribution is -0.254. The Balaban J connectivity index is 1.70. The van der Waals surface area contributed by atoms with Crippen molar-refractivity contribution in [3.05, 3.63) is 71.8 Å². The van der Waals surface area contributed by atoms with Crippen LogP contribution in [0.2, 0.25) is 0 Å². The minimum atomic E-state index is -1.34. The fourth-order valence-corrected chi connectivity index (χ4v) is 2.59. The number of hydrogen-bond donors (Lipinski definition) is 1. The molecule has 5 nitrogen and oxygen atoms in total. The molecule has 5 heteroatoms. The summed E-state index contributed by atoms with van der Waals surface area (Å²) in [7, 11) is 0. The normalized spacial score (nSPS) is 10.4. The summed E-state index contributed by atoms with van der Waals surface area (Å²) in [6, 6.07) is 18.1. The Bertz CT molecular complexity index is 949. The molecule has 25 heavy (non-hydrogen) atoms. The van der Waals surface area contributed by atoms with Crippen molar-refractivity contribution < 1.29 is 19.4 Å². The van der Waals surface area contributed by atoms with Crippen LogP contribution in [0.3, 0.4) is 0 Å². The fourth-order valence-electron chi connectivity index (χ4n) is 2.59. The van der Waals surface area contributed by atoms with Crippen LogP contribution in [0.15, 0.2) is 60.7 Å². The third-order valence-corrected chi connectivity index (χ3v) is 3.85. The molecule has 3 rings (SSSR count). The molecule has 3 aromatic carbocycles. The molecule has 0 aliphatic carbocycles. The molecule has 0 bridgehead atoms. The topological polar surface area (TPSA) is 78.5 Å². The zero-order valence-corrected chi connectivity index (χ0v) is 13.6. The number of carboxylic acids is 1. The highest BCUT2D eigenvalue weighted by molar-refractivity contribution is 6.01. The van der Waals surface area contributed by atoms with Crippen LogP contribution in [0.4, 0.5) is 5.69 Å². The third-order valence-electron chi connectivity index (χ3n) is 3.85. The number of carbonyl (C=O) groups excluding carboxylic acids is 2. The quantitative estimate of drug-likeness (QED) is 0.778. The number of ether oxygens (including phenoxy) is 1. The van der Waals surface area contributed by atoms with Gasteiger partial charge in [-0.1, -0.05) is 48.5 Å². The Morgan fingerprint density at radius 3 is 2.52 bits per heavy atom. The molecule has 1 amide bonds. The first-order valence-corrected chi connectivity index (χ1v) is 7.77. The monoisotopic (exact) mass is 334 g/mol. The van der Waals surface area contributed by atoms with E-state index < -0.39 is 11.9 Å². The maximum absolute atomic E-state index is 12.1. The number of aromatic carboxylic acids is 1.